The smallest absolute Gasteiger partial charge is 0.315 e. The Morgan fingerprint density at radius 3 is 1.77 bits per heavy atom. The van der Waals surface area contributed by atoms with Crippen LogP contribution in [0.5, 0.6) is 0 Å². The summed E-state index contributed by atoms with van der Waals surface area (Å²) in [6.07, 6.45) is -26.1. The number of carbonyl (C=O) groups is 3. The first-order chi connectivity index (χ1) is 38.8. The predicted octanol–water partition coefficient (Wildman–Crippen LogP) is -1.04. The molecule has 0 aromatic heterocycles. The van der Waals surface area contributed by atoms with Crippen molar-refractivity contribution in [3.05, 3.63) is 11.6 Å². The van der Waals surface area contributed by atoms with E-state index in [0.29, 0.717) is 51.4 Å². The number of fused-ring (bicyclic) bond motifs is 7. The number of rotatable bonds is 14. The summed E-state index contributed by atoms with van der Waals surface area (Å²) >= 11 is 0. The largest absolute Gasteiger partial charge is 0.465 e. The Hall–Kier alpha value is -2.61. The first-order valence-corrected chi connectivity index (χ1v) is 29.6. The molecule has 0 amide bonds. The maximum atomic E-state index is 15.9. The van der Waals surface area contributed by atoms with Crippen molar-refractivity contribution >= 4 is 17.9 Å². The van der Waals surface area contributed by atoms with Crippen LogP contribution in [0.4, 0.5) is 0 Å². The average molecular weight is 1190 g/mol. The number of carbonyl (C=O) groups excluding carboxylic acids is 3. The van der Waals surface area contributed by atoms with Gasteiger partial charge in [-0.3, -0.25) is 14.4 Å². The third-order valence-electron chi connectivity index (χ3n) is 21.9. The van der Waals surface area contributed by atoms with Crippen LogP contribution in [0.2, 0.25) is 0 Å². The monoisotopic (exact) mass is 1190 g/mol. The number of hydrogen-bond donors (Lipinski definition) is 12. The standard InChI is InChI=1S/C58H92O25/c1-25-22-75-48(42(70)36(25)64)81-46-45(80-49-43(71)40(68)37(65)31(20-59)77-49)39(67)33(23-74-26(2)61)79-51(46)83-52(73)58-16-14-53(4,5)18-29(58)28-10-11-35-54(6)19-30(63)47(82-50-44(72)41(69)38(66)32(21-60)78-50)55(7,24-76-27(3)62)34(54)12-13-57(35,9)56(28,8)15-17-58/h10,25,29-51,59-60,63-72H,11-24H2,1-9H3. The molecule has 5 aliphatic carbocycles. The zero-order valence-electron chi connectivity index (χ0n) is 49.0. The van der Waals surface area contributed by atoms with E-state index in [1.54, 1.807) is 6.92 Å². The van der Waals surface area contributed by atoms with Crippen molar-refractivity contribution in [1.29, 1.82) is 0 Å². The Balaban J connectivity index is 1.05. The van der Waals surface area contributed by atoms with Gasteiger partial charge in [-0.25, -0.2) is 0 Å². The Morgan fingerprint density at radius 2 is 1.17 bits per heavy atom. The first kappa shape index (κ1) is 64.9. The van der Waals surface area contributed by atoms with E-state index in [-0.39, 0.29) is 36.9 Å². The molecule has 8 fully saturated rings. The molecular formula is C58H92O25. The second kappa shape index (κ2) is 24.1. The van der Waals surface area contributed by atoms with Crippen LogP contribution in [0.3, 0.4) is 0 Å². The van der Waals surface area contributed by atoms with Gasteiger partial charge in [0.1, 0.15) is 79.9 Å². The van der Waals surface area contributed by atoms with Crippen molar-refractivity contribution in [1.82, 2.24) is 0 Å². The minimum absolute atomic E-state index is 0.0910. The number of hydrogen-bond acceptors (Lipinski definition) is 25. The fraction of sp³-hybridized carbons (Fsp3) is 0.914. The molecule has 0 aromatic rings. The SMILES string of the molecule is CC(=O)OCC1OC(OC(=O)C23CCC(C)(C)CC2C2=CCC4C5(C)CC(O)C(OC6OC(CO)C(O)C(O)C6O)C(C)(COC(C)=O)C5CCC4(C)C2(C)CC3)C(OC2OCC(C)C(O)C2O)C(OC2OC(CO)C(O)C(O)C2O)C1O. The van der Waals surface area contributed by atoms with Crippen LogP contribution in [0.1, 0.15) is 120 Å². The summed E-state index contributed by atoms with van der Waals surface area (Å²) in [5.41, 5.74) is -3.12. The zero-order chi connectivity index (χ0) is 60.8. The summed E-state index contributed by atoms with van der Waals surface area (Å²) in [6.45, 7) is 14.6. The van der Waals surface area contributed by atoms with Gasteiger partial charge in [0.05, 0.1) is 50.2 Å². The van der Waals surface area contributed by atoms with Gasteiger partial charge in [0.15, 0.2) is 25.0 Å². The molecule has 4 aliphatic heterocycles. The Morgan fingerprint density at radius 1 is 0.602 bits per heavy atom. The molecule has 29 unspecified atom stereocenters. The van der Waals surface area contributed by atoms with Crippen LogP contribution >= 0.6 is 0 Å². The lowest BCUT2D eigenvalue weighted by Crippen LogP contribution is -2.70. The van der Waals surface area contributed by atoms with Crippen LogP contribution in [0.15, 0.2) is 11.6 Å². The molecule has 12 N–H and O–H groups in total. The van der Waals surface area contributed by atoms with E-state index in [9.17, 15) is 70.9 Å². The molecule has 4 saturated carbocycles. The highest BCUT2D eigenvalue weighted by Gasteiger charge is 2.72. The zero-order valence-corrected chi connectivity index (χ0v) is 49.0. The topological polar surface area (TPSA) is 386 Å². The van der Waals surface area contributed by atoms with E-state index in [0.717, 1.165) is 12.5 Å². The Labute approximate surface area is 483 Å². The maximum Gasteiger partial charge on any atom is 0.315 e. The van der Waals surface area contributed by atoms with Crippen LogP contribution in [-0.2, 0) is 61.8 Å². The number of esters is 3. The molecule has 474 valence electrons. The fourth-order valence-corrected chi connectivity index (χ4v) is 16.9. The lowest BCUT2D eigenvalue weighted by atomic mass is 9.33. The molecule has 83 heavy (non-hydrogen) atoms. The molecule has 29 atom stereocenters. The highest BCUT2D eigenvalue weighted by atomic mass is 16.8. The van der Waals surface area contributed by atoms with Crippen molar-refractivity contribution in [2.45, 2.75) is 243 Å². The molecule has 25 heteroatoms. The van der Waals surface area contributed by atoms with Crippen molar-refractivity contribution in [3.63, 3.8) is 0 Å². The van der Waals surface area contributed by atoms with E-state index in [2.05, 4.69) is 40.7 Å². The van der Waals surface area contributed by atoms with Crippen LogP contribution < -0.4 is 0 Å². The van der Waals surface area contributed by atoms with Crippen molar-refractivity contribution < 1.29 is 123 Å². The van der Waals surface area contributed by atoms with Crippen LogP contribution in [-0.4, -0.2) is 235 Å². The molecule has 4 saturated heterocycles. The molecule has 0 radical (unpaired) electrons. The van der Waals surface area contributed by atoms with Crippen molar-refractivity contribution in [2.24, 2.45) is 56.2 Å². The van der Waals surface area contributed by atoms with Crippen LogP contribution in [0.25, 0.3) is 0 Å². The maximum absolute atomic E-state index is 15.9. The van der Waals surface area contributed by atoms with Gasteiger partial charge >= 0.3 is 17.9 Å². The second-order valence-corrected chi connectivity index (χ2v) is 27.5. The lowest BCUT2D eigenvalue weighted by molar-refractivity contribution is -0.382. The van der Waals surface area contributed by atoms with E-state index >= 15 is 4.79 Å². The minimum atomic E-state index is -1.98. The normalized spacial score (nSPS) is 51.4. The minimum Gasteiger partial charge on any atom is -0.465 e. The van der Waals surface area contributed by atoms with Crippen LogP contribution in [0, 0.1) is 56.2 Å². The van der Waals surface area contributed by atoms with Gasteiger partial charge in [-0.05, 0) is 97.2 Å². The summed E-state index contributed by atoms with van der Waals surface area (Å²) in [6, 6.07) is 0. The molecule has 4 heterocycles. The molecule has 0 aromatic carbocycles. The van der Waals surface area contributed by atoms with Gasteiger partial charge in [-0.1, -0.05) is 60.1 Å². The third-order valence-corrected chi connectivity index (χ3v) is 21.9. The quantitative estimate of drug-likeness (QED) is 0.0428. The first-order valence-electron chi connectivity index (χ1n) is 29.6. The Bertz CT molecular complexity index is 2360. The number of aliphatic hydroxyl groups is 12. The summed E-state index contributed by atoms with van der Waals surface area (Å²) in [5.74, 6) is -3.29. The summed E-state index contributed by atoms with van der Waals surface area (Å²) in [7, 11) is 0. The number of aliphatic hydroxyl groups excluding tert-OH is 12. The van der Waals surface area contributed by atoms with Gasteiger partial charge in [-0.15, -0.1) is 0 Å². The highest BCUT2D eigenvalue weighted by molar-refractivity contribution is 5.79. The number of allylic oxidation sites excluding steroid dienone is 2. The highest BCUT2D eigenvalue weighted by Crippen LogP contribution is 2.76. The molecule has 25 nitrogen and oxygen atoms in total. The molecule has 9 aliphatic rings. The van der Waals surface area contributed by atoms with Crippen molar-refractivity contribution in [2.75, 3.05) is 33.0 Å². The molecule has 9 rings (SSSR count). The molecular weight excluding hydrogens is 1100 g/mol. The number of ether oxygens (including phenoxy) is 10. The Kier molecular flexibility index (Phi) is 18.8. The fourth-order valence-electron chi connectivity index (χ4n) is 16.9. The second-order valence-electron chi connectivity index (χ2n) is 27.5. The van der Waals surface area contributed by atoms with Gasteiger partial charge < -0.3 is 109 Å². The summed E-state index contributed by atoms with van der Waals surface area (Å²) in [4.78, 5) is 40.7. The van der Waals surface area contributed by atoms with E-state index in [4.69, 9.17) is 47.4 Å². The molecule has 0 bridgehead atoms. The van der Waals surface area contributed by atoms with Gasteiger partial charge in [-0.2, -0.15) is 0 Å². The van der Waals surface area contributed by atoms with E-state index in [1.165, 1.54) is 6.92 Å². The van der Waals surface area contributed by atoms with Gasteiger partial charge in [0.25, 0.3) is 0 Å². The van der Waals surface area contributed by atoms with E-state index in [1.807, 2.05) is 6.92 Å². The molecule has 0 spiro atoms. The summed E-state index contributed by atoms with van der Waals surface area (Å²) < 4.78 is 60.5. The van der Waals surface area contributed by atoms with E-state index < -0.39 is 199 Å². The predicted molar refractivity (Wildman–Crippen MR) is 282 cm³/mol. The third kappa shape index (κ3) is 11.3. The van der Waals surface area contributed by atoms with Gasteiger partial charge in [0.2, 0.25) is 6.29 Å². The average Bonchev–Trinajstić information content (AvgIpc) is 3.44. The van der Waals surface area contributed by atoms with Gasteiger partial charge in [0, 0.05) is 25.2 Å². The lowest BCUT2D eigenvalue weighted by Gasteiger charge is -2.71. The van der Waals surface area contributed by atoms with Crippen molar-refractivity contribution in [3.8, 4) is 0 Å². The summed E-state index contributed by atoms with van der Waals surface area (Å²) in [5, 5.41) is 132.